The van der Waals surface area contributed by atoms with Crippen molar-refractivity contribution in [1.82, 2.24) is 20.2 Å². The second kappa shape index (κ2) is 12.8. The molecule has 1 aromatic carbocycles. The normalized spacial score (nSPS) is 15.3. The van der Waals surface area contributed by atoms with Crippen LogP contribution in [0, 0.1) is 11.3 Å². The highest BCUT2D eigenvalue weighted by Crippen LogP contribution is 2.22. The number of benzene rings is 1. The van der Waals surface area contributed by atoms with Crippen molar-refractivity contribution in [1.29, 1.82) is 5.26 Å². The van der Waals surface area contributed by atoms with Gasteiger partial charge in [-0.2, -0.15) is 5.26 Å². The van der Waals surface area contributed by atoms with E-state index in [0.717, 1.165) is 62.4 Å². The van der Waals surface area contributed by atoms with Crippen molar-refractivity contribution < 1.29 is 14.3 Å². The molecule has 1 amide bonds. The molecular formula is C28H31N5O3. The smallest absolute Gasteiger partial charge is 0.262 e. The molecule has 36 heavy (non-hydrogen) atoms. The van der Waals surface area contributed by atoms with Crippen LogP contribution < -0.4 is 10.1 Å². The maximum absolute atomic E-state index is 13.0. The number of rotatable bonds is 10. The van der Waals surface area contributed by atoms with Crippen molar-refractivity contribution in [2.24, 2.45) is 0 Å². The highest BCUT2D eigenvalue weighted by molar-refractivity contribution is 6.01. The Balaban J connectivity index is 1.39. The standard InChI is InChI=1S/C28H31N5O3/c1-2-4-26(21-7-10-25(11-8-21)36-18-15-33-13-16-35-17-14-33)32-28(34)23(20-29)19-24-9-6-22-5-3-12-30-27(22)31-24/h3,5-12,19,26H,2,4,13-18H2,1H3,(H,32,34). The predicted octanol–water partition coefficient (Wildman–Crippen LogP) is 3.91. The van der Waals surface area contributed by atoms with Gasteiger partial charge in [-0.1, -0.05) is 25.5 Å². The van der Waals surface area contributed by atoms with Crippen LogP contribution in [0.2, 0.25) is 0 Å². The second-order valence-electron chi connectivity index (χ2n) is 8.64. The van der Waals surface area contributed by atoms with E-state index in [0.29, 0.717) is 17.9 Å². The first-order valence-corrected chi connectivity index (χ1v) is 12.3. The number of nitrogens with one attached hydrogen (secondary N) is 1. The topological polar surface area (TPSA) is 100 Å². The van der Waals surface area contributed by atoms with Crippen LogP contribution in [-0.4, -0.2) is 60.2 Å². The Morgan fingerprint density at radius 1 is 1.22 bits per heavy atom. The largest absolute Gasteiger partial charge is 0.492 e. The van der Waals surface area contributed by atoms with E-state index in [1.165, 1.54) is 6.08 Å². The summed E-state index contributed by atoms with van der Waals surface area (Å²) in [4.78, 5) is 24.0. The van der Waals surface area contributed by atoms with Crippen LogP contribution >= 0.6 is 0 Å². The van der Waals surface area contributed by atoms with Gasteiger partial charge in [0, 0.05) is 31.2 Å². The van der Waals surface area contributed by atoms with Gasteiger partial charge in [0.05, 0.1) is 24.9 Å². The van der Waals surface area contributed by atoms with Gasteiger partial charge >= 0.3 is 0 Å². The molecule has 8 nitrogen and oxygen atoms in total. The Morgan fingerprint density at radius 3 is 2.78 bits per heavy atom. The van der Waals surface area contributed by atoms with Crippen molar-refractivity contribution in [2.75, 3.05) is 39.5 Å². The fourth-order valence-corrected chi connectivity index (χ4v) is 4.11. The van der Waals surface area contributed by atoms with E-state index in [2.05, 4.69) is 27.1 Å². The Labute approximate surface area is 211 Å². The summed E-state index contributed by atoms with van der Waals surface area (Å²) in [6, 6.07) is 17.0. The molecule has 0 saturated carbocycles. The van der Waals surface area contributed by atoms with Crippen molar-refractivity contribution in [3.63, 3.8) is 0 Å². The van der Waals surface area contributed by atoms with Gasteiger partial charge in [0.15, 0.2) is 5.65 Å². The second-order valence-corrected chi connectivity index (χ2v) is 8.64. The summed E-state index contributed by atoms with van der Waals surface area (Å²) in [5, 5.41) is 13.6. The van der Waals surface area contributed by atoms with Gasteiger partial charge in [0.2, 0.25) is 0 Å². The average molecular weight is 486 g/mol. The zero-order chi connectivity index (χ0) is 25.2. The van der Waals surface area contributed by atoms with Gasteiger partial charge in [-0.05, 0) is 54.5 Å². The molecule has 0 aliphatic carbocycles. The van der Waals surface area contributed by atoms with E-state index in [9.17, 15) is 10.1 Å². The number of fused-ring (bicyclic) bond motifs is 1. The summed E-state index contributed by atoms with van der Waals surface area (Å²) in [5.74, 6) is 0.367. The first kappa shape index (κ1) is 25.3. The van der Waals surface area contributed by atoms with Gasteiger partial charge in [-0.15, -0.1) is 0 Å². The molecule has 1 unspecified atom stereocenters. The molecule has 0 spiro atoms. The maximum Gasteiger partial charge on any atom is 0.262 e. The molecular weight excluding hydrogens is 454 g/mol. The van der Waals surface area contributed by atoms with E-state index in [-0.39, 0.29) is 11.6 Å². The molecule has 3 aromatic rings. The minimum absolute atomic E-state index is 0.00181. The number of nitriles is 1. The summed E-state index contributed by atoms with van der Waals surface area (Å²) in [7, 11) is 0. The number of pyridine rings is 2. The lowest BCUT2D eigenvalue weighted by atomic mass is 10.0. The molecule has 1 aliphatic rings. The predicted molar refractivity (Wildman–Crippen MR) is 138 cm³/mol. The molecule has 1 atom stereocenters. The monoisotopic (exact) mass is 485 g/mol. The number of ether oxygens (including phenoxy) is 2. The van der Waals surface area contributed by atoms with Crippen LogP contribution in [0.5, 0.6) is 5.75 Å². The van der Waals surface area contributed by atoms with Crippen molar-refractivity contribution in [3.05, 3.63) is 71.6 Å². The average Bonchev–Trinajstić information content (AvgIpc) is 2.92. The van der Waals surface area contributed by atoms with Crippen molar-refractivity contribution in [3.8, 4) is 11.8 Å². The highest BCUT2D eigenvalue weighted by Gasteiger charge is 2.18. The number of morpholine rings is 1. The zero-order valence-corrected chi connectivity index (χ0v) is 20.5. The van der Waals surface area contributed by atoms with Gasteiger partial charge in [0.1, 0.15) is 24.0 Å². The maximum atomic E-state index is 13.0. The molecule has 1 fully saturated rings. The Morgan fingerprint density at radius 2 is 2.03 bits per heavy atom. The van der Waals surface area contributed by atoms with Gasteiger partial charge < -0.3 is 14.8 Å². The van der Waals surface area contributed by atoms with E-state index in [1.807, 2.05) is 48.5 Å². The molecule has 1 saturated heterocycles. The minimum Gasteiger partial charge on any atom is -0.492 e. The lowest BCUT2D eigenvalue weighted by Gasteiger charge is -2.26. The third kappa shape index (κ3) is 6.87. The van der Waals surface area contributed by atoms with Crippen LogP contribution in [0.25, 0.3) is 17.1 Å². The van der Waals surface area contributed by atoms with E-state index in [4.69, 9.17) is 9.47 Å². The molecule has 4 rings (SSSR count). The molecule has 8 heteroatoms. The van der Waals surface area contributed by atoms with E-state index < -0.39 is 5.91 Å². The van der Waals surface area contributed by atoms with Crippen LogP contribution in [0.15, 0.2) is 60.3 Å². The Hall–Kier alpha value is -3.80. The lowest BCUT2D eigenvalue weighted by Crippen LogP contribution is -2.38. The van der Waals surface area contributed by atoms with Crippen LogP contribution in [0.1, 0.15) is 37.1 Å². The van der Waals surface area contributed by atoms with Crippen LogP contribution in [-0.2, 0) is 9.53 Å². The lowest BCUT2D eigenvalue weighted by molar-refractivity contribution is -0.117. The number of nitrogens with zero attached hydrogens (tertiary/aromatic N) is 4. The Bertz CT molecular complexity index is 1230. The summed E-state index contributed by atoms with van der Waals surface area (Å²) in [6.07, 6.45) is 4.79. The van der Waals surface area contributed by atoms with E-state index >= 15 is 0 Å². The molecule has 1 N–H and O–H groups in total. The number of carbonyl (C=O) groups excluding carboxylic acids is 1. The SMILES string of the molecule is CCCC(NC(=O)C(C#N)=Cc1ccc2cccnc2n1)c1ccc(OCCN2CCOCC2)cc1. The third-order valence-electron chi connectivity index (χ3n) is 6.09. The molecule has 3 heterocycles. The number of carbonyl (C=O) groups is 1. The quantitative estimate of drug-likeness (QED) is 0.343. The Kier molecular flexibility index (Phi) is 8.98. The molecule has 2 aromatic heterocycles. The molecule has 0 radical (unpaired) electrons. The number of hydrogen-bond donors (Lipinski definition) is 1. The van der Waals surface area contributed by atoms with Crippen molar-refractivity contribution in [2.45, 2.75) is 25.8 Å². The van der Waals surface area contributed by atoms with Crippen molar-refractivity contribution >= 4 is 23.0 Å². The zero-order valence-electron chi connectivity index (χ0n) is 20.5. The fourth-order valence-electron chi connectivity index (χ4n) is 4.11. The van der Waals surface area contributed by atoms with Gasteiger partial charge in [-0.3, -0.25) is 9.69 Å². The summed E-state index contributed by atoms with van der Waals surface area (Å²) in [5.41, 5.74) is 2.05. The molecule has 186 valence electrons. The van der Waals surface area contributed by atoms with E-state index in [1.54, 1.807) is 12.3 Å². The highest BCUT2D eigenvalue weighted by atomic mass is 16.5. The minimum atomic E-state index is -0.426. The number of hydrogen-bond acceptors (Lipinski definition) is 7. The molecule has 0 bridgehead atoms. The number of amides is 1. The van der Waals surface area contributed by atoms with Gasteiger partial charge in [0.25, 0.3) is 5.91 Å². The summed E-state index contributed by atoms with van der Waals surface area (Å²) < 4.78 is 11.3. The number of aromatic nitrogens is 2. The molecule has 1 aliphatic heterocycles. The van der Waals surface area contributed by atoms with Crippen LogP contribution in [0.4, 0.5) is 0 Å². The summed E-state index contributed by atoms with van der Waals surface area (Å²) >= 11 is 0. The van der Waals surface area contributed by atoms with Gasteiger partial charge in [-0.25, -0.2) is 9.97 Å². The summed E-state index contributed by atoms with van der Waals surface area (Å²) in [6.45, 7) is 6.97. The van der Waals surface area contributed by atoms with Crippen LogP contribution in [0.3, 0.4) is 0 Å². The first-order chi connectivity index (χ1) is 17.7. The fraction of sp³-hybridized carbons (Fsp3) is 0.357. The first-order valence-electron chi connectivity index (χ1n) is 12.3. The third-order valence-corrected chi connectivity index (χ3v) is 6.09.